The topological polar surface area (TPSA) is 53.2 Å². The van der Waals surface area contributed by atoms with Gasteiger partial charge in [-0.2, -0.15) is 5.26 Å². The standard InChI is InChI=1S/C15H19NO2/c1-3-15(17,4-2)14(10-16)9-12-7-5-6-8-13(12)18-11-14/h5-8,17H,3-4,9,11H2,1-2H3. The molecule has 96 valence electrons. The van der Waals surface area contributed by atoms with E-state index in [1.807, 2.05) is 38.1 Å². The van der Waals surface area contributed by atoms with Crippen LogP contribution in [-0.2, 0) is 6.42 Å². The van der Waals surface area contributed by atoms with E-state index in [-0.39, 0.29) is 6.61 Å². The van der Waals surface area contributed by atoms with Crippen molar-refractivity contribution in [3.63, 3.8) is 0 Å². The molecular formula is C15H19NO2. The van der Waals surface area contributed by atoms with E-state index in [4.69, 9.17) is 4.74 Å². The molecule has 2 rings (SSSR count). The predicted molar refractivity (Wildman–Crippen MR) is 69.2 cm³/mol. The van der Waals surface area contributed by atoms with Gasteiger partial charge in [0.2, 0.25) is 0 Å². The summed E-state index contributed by atoms with van der Waals surface area (Å²) in [7, 11) is 0. The van der Waals surface area contributed by atoms with Crippen LogP contribution in [-0.4, -0.2) is 17.3 Å². The fourth-order valence-electron chi connectivity index (χ4n) is 2.77. The zero-order chi connectivity index (χ0) is 13.2. The maximum absolute atomic E-state index is 10.7. The van der Waals surface area contributed by atoms with Crippen LogP contribution in [0.4, 0.5) is 0 Å². The molecule has 0 radical (unpaired) electrons. The number of hydrogen-bond donors (Lipinski definition) is 1. The number of nitrogens with zero attached hydrogens (tertiary/aromatic N) is 1. The summed E-state index contributed by atoms with van der Waals surface area (Å²) in [4.78, 5) is 0. The van der Waals surface area contributed by atoms with Gasteiger partial charge in [0.05, 0.1) is 11.7 Å². The van der Waals surface area contributed by atoms with Gasteiger partial charge in [-0.15, -0.1) is 0 Å². The lowest BCUT2D eigenvalue weighted by molar-refractivity contribution is -0.0856. The molecule has 1 aliphatic heterocycles. The highest BCUT2D eigenvalue weighted by molar-refractivity contribution is 5.38. The average Bonchev–Trinajstić information content (AvgIpc) is 2.45. The first-order valence-electron chi connectivity index (χ1n) is 6.45. The third-order valence-electron chi connectivity index (χ3n) is 4.21. The van der Waals surface area contributed by atoms with Crippen LogP contribution in [0.25, 0.3) is 0 Å². The van der Waals surface area contributed by atoms with Gasteiger partial charge in [-0.25, -0.2) is 0 Å². The summed E-state index contributed by atoms with van der Waals surface area (Å²) in [5.74, 6) is 0.831. The Balaban J connectivity index is 2.42. The van der Waals surface area contributed by atoms with Gasteiger partial charge in [0.25, 0.3) is 0 Å². The number of hydrogen-bond acceptors (Lipinski definition) is 3. The Morgan fingerprint density at radius 1 is 1.39 bits per heavy atom. The van der Waals surface area contributed by atoms with Crippen molar-refractivity contribution in [1.29, 1.82) is 5.26 Å². The van der Waals surface area contributed by atoms with Crippen LogP contribution in [0.15, 0.2) is 24.3 Å². The minimum Gasteiger partial charge on any atom is -0.492 e. The molecule has 1 heterocycles. The van der Waals surface area contributed by atoms with Crippen molar-refractivity contribution in [2.45, 2.75) is 38.7 Å². The maximum atomic E-state index is 10.7. The third-order valence-corrected chi connectivity index (χ3v) is 4.21. The van der Waals surface area contributed by atoms with E-state index in [1.54, 1.807) is 0 Å². The van der Waals surface area contributed by atoms with E-state index in [0.29, 0.717) is 19.3 Å². The van der Waals surface area contributed by atoms with Gasteiger partial charge in [0, 0.05) is 6.42 Å². The SMILES string of the molecule is CCC(O)(CC)C1(C#N)COc2ccccc2C1. The van der Waals surface area contributed by atoms with Crippen LogP contribution in [0, 0.1) is 16.7 Å². The normalized spacial score (nSPS) is 22.8. The molecule has 18 heavy (non-hydrogen) atoms. The summed E-state index contributed by atoms with van der Waals surface area (Å²) in [6, 6.07) is 10.1. The number of rotatable bonds is 3. The average molecular weight is 245 g/mol. The lowest BCUT2D eigenvalue weighted by atomic mass is 9.66. The maximum Gasteiger partial charge on any atom is 0.124 e. The molecule has 1 atom stereocenters. The molecule has 0 bridgehead atoms. The fraction of sp³-hybridized carbons (Fsp3) is 0.533. The number of para-hydroxylation sites is 1. The number of aliphatic hydroxyl groups is 1. The molecule has 0 spiro atoms. The number of nitriles is 1. The molecule has 1 N–H and O–H groups in total. The lowest BCUT2D eigenvalue weighted by Gasteiger charge is -2.44. The van der Waals surface area contributed by atoms with Gasteiger partial charge in [-0.3, -0.25) is 0 Å². The predicted octanol–water partition coefficient (Wildman–Crippen LogP) is 2.68. The van der Waals surface area contributed by atoms with Crippen molar-refractivity contribution in [2.75, 3.05) is 6.61 Å². The van der Waals surface area contributed by atoms with Crippen molar-refractivity contribution in [3.8, 4) is 11.8 Å². The van der Waals surface area contributed by atoms with Crippen molar-refractivity contribution < 1.29 is 9.84 Å². The molecule has 0 saturated heterocycles. The van der Waals surface area contributed by atoms with Crippen LogP contribution < -0.4 is 4.74 Å². The Bertz CT molecular complexity index is 474. The fourth-order valence-corrected chi connectivity index (χ4v) is 2.77. The van der Waals surface area contributed by atoms with Gasteiger partial charge in [0.15, 0.2) is 0 Å². The van der Waals surface area contributed by atoms with E-state index in [0.717, 1.165) is 11.3 Å². The van der Waals surface area contributed by atoms with E-state index >= 15 is 0 Å². The molecule has 0 saturated carbocycles. The van der Waals surface area contributed by atoms with Gasteiger partial charge >= 0.3 is 0 Å². The second-order valence-electron chi connectivity index (χ2n) is 5.01. The highest BCUT2D eigenvalue weighted by Crippen LogP contribution is 2.44. The summed E-state index contributed by atoms with van der Waals surface area (Å²) in [5.41, 5.74) is -0.828. The minimum atomic E-state index is -0.991. The zero-order valence-corrected chi connectivity index (χ0v) is 10.9. The molecule has 1 aromatic rings. The highest BCUT2D eigenvalue weighted by Gasteiger charge is 2.51. The van der Waals surface area contributed by atoms with Crippen LogP contribution >= 0.6 is 0 Å². The van der Waals surface area contributed by atoms with Crippen molar-refractivity contribution in [3.05, 3.63) is 29.8 Å². The van der Waals surface area contributed by atoms with E-state index in [2.05, 4.69) is 6.07 Å². The minimum absolute atomic E-state index is 0.263. The Hall–Kier alpha value is -1.53. The molecule has 0 fully saturated rings. The number of benzene rings is 1. The quantitative estimate of drug-likeness (QED) is 0.890. The molecule has 0 aliphatic carbocycles. The summed E-state index contributed by atoms with van der Waals surface area (Å²) >= 11 is 0. The first-order valence-corrected chi connectivity index (χ1v) is 6.45. The van der Waals surface area contributed by atoms with Gasteiger partial charge in [-0.05, 0) is 24.5 Å². The Morgan fingerprint density at radius 2 is 2.06 bits per heavy atom. The summed E-state index contributed by atoms with van der Waals surface area (Å²) in [6.45, 7) is 4.10. The number of ether oxygens (including phenoxy) is 1. The first kappa shape index (κ1) is 12.9. The Kier molecular flexibility index (Phi) is 3.32. The van der Waals surface area contributed by atoms with E-state index in [1.165, 1.54) is 0 Å². The second-order valence-corrected chi connectivity index (χ2v) is 5.01. The van der Waals surface area contributed by atoms with Crippen LogP contribution in [0.3, 0.4) is 0 Å². The lowest BCUT2D eigenvalue weighted by Crippen LogP contribution is -2.53. The molecular weight excluding hydrogens is 226 g/mol. The van der Waals surface area contributed by atoms with Crippen molar-refractivity contribution >= 4 is 0 Å². The van der Waals surface area contributed by atoms with Gasteiger partial charge in [-0.1, -0.05) is 32.0 Å². The highest BCUT2D eigenvalue weighted by atomic mass is 16.5. The third kappa shape index (κ3) is 1.77. The Labute approximate surface area is 108 Å². The molecule has 1 aliphatic rings. The summed E-state index contributed by atoms with van der Waals surface area (Å²) in [5, 5.41) is 20.3. The largest absolute Gasteiger partial charge is 0.492 e. The van der Waals surface area contributed by atoms with E-state index < -0.39 is 11.0 Å². The monoisotopic (exact) mass is 245 g/mol. The van der Waals surface area contributed by atoms with Gasteiger partial charge < -0.3 is 9.84 Å². The Morgan fingerprint density at radius 3 is 2.67 bits per heavy atom. The van der Waals surface area contributed by atoms with Crippen LogP contribution in [0.5, 0.6) is 5.75 Å². The zero-order valence-electron chi connectivity index (χ0n) is 10.9. The van der Waals surface area contributed by atoms with Crippen molar-refractivity contribution in [1.82, 2.24) is 0 Å². The smallest absolute Gasteiger partial charge is 0.124 e. The molecule has 1 unspecified atom stereocenters. The van der Waals surface area contributed by atoms with Gasteiger partial charge in [0.1, 0.15) is 17.8 Å². The molecule has 0 aromatic heterocycles. The molecule has 3 nitrogen and oxygen atoms in total. The molecule has 1 aromatic carbocycles. The summed E-state index contributed by atoms with van der Waals surface area (Å²) < 4.78 is 5.70. The van der Waals surface area contributed by atoms with E-state index in [9.17, 15) is 10.4 Å². The molecule has 0 amide bonds. The van der Waals surface area contributed by atoms with Crippen LogP contribution in [0.2, 0.25) is 0 Å². The first-order chi connectivity index (χ1) is 8.61. The summed E-state index contributed by atoms with van der Waals surface area (Å²) in [6.07, 6.45) is 1.67. The van der Waals surface area contributed by atoms with Crippen LogP contribution in [0.1, 0.15) is 32.3 Å². The number of fused-ring (bicyclic) bond motifs is 1. The molecule has 3 heteroatoms. The van der Waals surface area contributed by atoms with Crippen molar-refractivity contribution in [2.24, 2.45) is 5.41 Å². The second kappa shape index (κ2) is 4.62.